The highest BCUT2D eigenvalue weighted by Crippen LogP contribution is 2.36. The van der Waals surface area contributed by atoms with Crippen molar-refractivity contribution in [3.63, 3.8) is 0 Å². The number of nitriles is 1. The zero-order valence-electron chi connectivity index (χ0n) is 16.0. The second-order valence-electron chi connectivity index (χ2n) is 7.12. The van der Waals surface area contributed by atoms with Crippen LogP contribution < -0.4 is 9.47 Å². The third kappa shape index (κ3) is 4.39. The number of hydrogen-bond acceptors (Lipinski definition) is 5. The van der Waals surface area contributed by atoms with Crippen molar-refractivity contribution in [3.05, 3.63) is 58.1 Å². The van der Waals surface area contributed by atoms with Crippen LogP contribution in [0, 0.1) is 11.3 Å². The van der Waals surface area contributed by atoms with Gasteiger partial charge in [-0.15, -0.1) is 0 Å². The molecule has 0 radical (unpaired) electrons. The molecule has 0 aromatic heterocycles. The highest BCUT2D eigenvalue weighted by molar-refractivity contribution is 9.10. The van der Waals surface area contributed by atoms with Gasteiger partial charge in [0.05, 0.1) is 12.5 Å². The Morgan fingerprint density at radius 1 is 1.07 bits per heavy atom. The molecule has 2 aromatic carbocycles. The zero-order chi connectivity index (χ0) is 20.2. The average molecular weight is 456 g/mol. The van der Waals surface area contributed by atoms with Gasteiger partial charge in [-0.05, 0) is 23.3 Å². The summed E-state index contributed by atoms with van der Waals surface area (Å²) in [5, 5.41) is 9.63. The van der Waals surface area contributed by atoms with Crippen molar-refractivity contribution in [2.75, 3.05) is 39.4 Å². The lowest BCUT2D eigenvalue weighted by atomic mass is 10.1. The minimum absolute atomic E-state index is 0.0789. The van der Waals surface area contributed by atoms with Crippen LogP contribution in [0.5, 0.6) is 11.5 Å². The van der Waals surface area contributed by atoms with Crippen molar-refractivity contribution in [2.45, 2.75) is 12.5 Å². The monoisotopic (exact) mass is 455 g/mol. The third-order valence-electron chi connectivity index (χ3n) is 5.32. The fourth-order valence-corrected chi connectivity index (χ4v) is 4.21. The molecule has 1 unspecified atom stereocenters. The molecule has 2 aliphatic rings. The number of amides is 1. The molecule has 6 nitrogen and oxygen atoms in total. The zero-order valence-corrected chi connectivity index (χ0v) is 17.6. The highest BCUT2D eigenvalue weighted by atomic mass is 79.9. The summed E-state index contributed by atoms with van der Waals surface area (Å²) in [7, 11) is 0. The summed E-state index contributed by atoms with van der Waals surface area (Å²) >= 11 is 3.54. The molecule has 2 heterocycles. The first-order chi connectivity index (χ1) is 14.2. The fraction of sp³-hybridized carbons (Fsp3) is 0.364. The summed E-state index contributed by atoms with van der Waals surface area (Å²) in [5.41, 5.74) is 1.89. The quantitative estimate of drug-likeness (QED) is 0.708. The maximum absolute atomic E-state index is 12.9. The van der Waals surface area contributed by atoms with E-state index in [4.69, 9.17) is 9.47 Å². The number of ether oxygens (including phenoxy) is 2. The van der Waals surface area contributed by atoms with Gasteiger partial charge in [0.15, 0.2) is 11.5 Å². The maximum atomic E-state index is 12.9. The number of nitrogens with zero attached hydrogens (tertiary/aromatic N) is 3. The van der Waals surface area contributed by atoms with Crippen molar-refractivity contribution in [1.82, 2.24) is 9.80 Å². The van der Waals surface area contributed by atoms with E-state index in [1.54, 1.807) is 0 Å². The molecule has 1 fully saturated rings. The smallest absolute Gasteiger partial charge is 0.227 e. The molecule has 4 rings (SSSR count). The number of piperazine rings is 1. The summed E-state index contributed by atoms with van der Waals surface area (Å²) in [6.07, 6.45) is 0.303. The summed E-state index contributed by atoms with van der Waals surface area (Å²) in [5.74, 6) is 1.47. The SMILES string of the molecule is N#CC(c1ccccc1)N1CCN(C(=O)Cc2cc3c(cc2Br)OCCO3)CC1. The van der Waals surface area contributed by atoms with Gasteiger partial charge in [0.2, 0.25) is 5.91 Å². The molecule has 150 valence electrons. The van der Waals surface area contributed by atoms with Gasteiger partial charge in [-0.2, -0.15) is 5.26 Å². The molecule has 0 saturated carbocycles. The van der Waals surface area contributed by atoms with Gasteiger partial charge < -0.3 is 14.4 Å². The van der Waals surface area contributed by atoms with Gasteiger partial charge in [0.25, 0.3) is 0 Å². The van der Waals surface area contributed by atoms with E-state index < -0.39 is 0 Å². The predicted molar refractivity (Wildman–Crippen MR) is 112 cm³/mol. The Kier molecular flexibility index (Phi) is 6.02. The molecule has 1 atom stereocenters. The lowest BCUT2D eigenvalue weighted by Crippen LogP contribution is -2.49. The number of halogens is 1. The van der Waals surface area contributed by atoms with Gasteiger partial charge in [0.1, 0.15) is 19.3 Å². The summed E-state index contributed by atoms with van der Waals surface area (Å²) in [6.45, 7) is 3.65. The Morgan fingerprint density at radius 2 is 1.72 bits per heavy atom. The Balaban J connectivity index is 1.38. The lowest BCUT2D eigenvalue weighted by molar-refractivity contribution is -0.132. The van der Waals surface area contributed by atoms with Gasteiger partial charge in [-0.1, -0.05) is 46.3 Å². The minimum Gasteiger partial charge on any atom is -0.486 e. The summed E-state index contributed by atoms with van der Waals surface area (Å²) in [4.78, 5) is 16.9. The summed E-state index contributed by atoms with van der Waals surface area (Å²) < 4.78 is 12.1. The normalized spacial score (nSPS) is 17.4. The number of carbonyl (C=O) groups excluding carboxylic acids is 1. The van der Waals surface area contributed by atoms with Crippen LogP contribution in [0.25, 0.3) is 0 Å². The average Bonchev–Trinajstić information content (AvgIpc) is 2.76. The second kappa shape index (κ2) is 8.85. The van der Waals surface area contributed by atoms with Crippen LogP contribution in [0.1, 0.15) is 17.2 Å². The van der Waals surface area contributed by atoms with E-state index in [1.165, 1.54) is 0 Å². The first-order valence-electron chi connectivity index (χ1n) is 9.70. The first-order valence-corrected chi connectivity index (χ1v) is 10.5. The van der Waals surface area contributed by atoms with Crippen molar-refractivity contribution in [1.29, 1.82) is 5.26 Å². The van der Waals surface area contributed by atoms with E-state index in [1.807, 2.05) is 47.4 Å². The topological polar surface area (TPSA) is 65.8 Å². The van der Waals surface area contributed by atoms with Crippen molar-refractivity contribution in [2.24, 2.45) is 0 Å². The highest BCUT2D eigenvalue weighted by Gasteiger charge is 2.27. The van der Waals surface area contributed by atoms with E-state index in [0.29, 0.717) is 57.3 Å². The standard InChI is InChI=1S/C22H22BrN3O3/c23-18-14-21-20(28-10-11-29-21)12-17(18)13-22(27)26-8-6-25(7-9-26)19(15-24)16-4-2-1-3-5-16/h1-5,12,14,19H,6-11,13H2. The van der Waals surface area contributed by atoms with E-state index in [-0.39, 0.29) is 11.9 Å². The molecule has 1 saturated heterocycles. The fourth-order valence-electron chi connectivity index (χ4n) is 3.75. The van der Waals surface area contributed by atoms with Crippen LogP contribution in [0.3, 0.4) is 0 Å². The van der Waals surface area contributed by atoms with Gasteiger partial charge in [-0.25, -0.2) is 0 Å². The molecule has 29 heavy (non-hydrogen) atoms. The van der Waals surface area contributed by atoms with Crippen LogP contribution in [0.4, 0.5) is 0 Å². The van der Waals surface area contributed by atoms with Crippen LogP contribution in [-0.2, 0) is 11.2 Å². The number of benzene rings is 2. The number of fused-ring (bicyclic) bond motifs is 1. The van der Waals surface area contributed by atoms with Crippen molar-refractivity contribution < 1.29 is 14.3 Å². The van der Waals surface area contributed by atoms with Crippen LogP contribution in [0.2, 0.25) is 0 Å². The Bertz CT molecular complexity index is 921. The molecule has 7 heteroatoms. The molecule has 1 amide bonds. The number of rotatable bonds is 4. The van der Waals surface area contributed by atoms with E-state index in [9.17, 15) is 10.1 Å². The van der Waals surface area contributed by atoms with Crippen LogP contribution >= 0.6 is 15.9 Å². The van der Waals surface area contributed by atoms with Gasteiger partial charge in [-0.3, -0.25) is 9.69 Å². The predicted octanol–water partition coefficient (Wildman–Crippen LogP) is 3.17. The van der Waals surface area contributed by atoms with Gasteiger partial charge in [0, 0.05) is 30.7 Å². The lowest BCUT2D eigenvalue weighted by Gasteiger charge is -2.37. The maximum Gasteiger partial charge on any atom is 0.227 e. The first kappa shape index (κ1) is 19.7. The third-order valence-corrected chi connectivity index (χ3v) is 6.06. The molecule has 0 spiro atoms. The van der Waals surface area contributed by atoms with Crippen LogP contribution in [0.15, 0.2) is 46.9 Å². The summed E-state index contributed by atoms with van der Waals surface area (Å²) in [6, 6.07) is 15.7. The molecule has 0 aliphatic carbocycles. The van der Waals surface area contributed by atoms with Crippen molar-refractivity contribution in [3.8, 4) is 17.6 Å². The largest absolute Gasteiger partial charge is 0.486 e. The molecule has 2 aliphatic heterocycles. The Morgan fingerprint density at radius 3 is 2.38 bits per heavy atom. The van der Waals surface area contributed by atoms with E-state index >= 15 is 0 Å². The number of carbonyl (C=O) groups is 1. The van der Waals surface area contributed by atoms with Crippen LogP contribution in [-0.4, -0.2) is 55.1 Å². The van der Waals surface area contributed by atoms with Gasteiger partial charge >= 0.3 is 0 Å². The Hall–Kier alpha value is -2.56. The van der Waals surface area contributed by atoms with E-state index in [0.717, 1.165) is 15.6 Å². The molecular formula is C22H22BrN3O3. The van der Waals surface area contributed by atoms with E-state index in [2.05, 4.69) is 26.9 Å². The molecule has 0 bridgehead atoms. The minimum atomic E-state index is -0.277. The Labute approximate surface area is 178 Å². The molecule has 2 aromatic rings. The number of hydrogen-bond donors (Lipinski definition) is 0. The molecule has 0 N–H and O–H groups in total. The van der Waals surface area contributed by atoms with Crippen molar-refractivity contribution >= 4 is 21.8 Å². The second-order valence-corrected chi connectivity index (χ2v) is 7.98. The molecular weight excluding hydrogens is 434 g/mol.